The summed E-state index contributed by atoms with van der Waals surface area (Å²) in [7, 11) is -4.66. The van der Waals surface area contributed by atoms with Crippen LogP contribution in [-0.2, 0) is 16.7 Å². The van der Waals surface area contributed by atoms with Crippen LogP contribution in [0.25, 0.3) is 0 Å². The van der Waals surface area contributed by atoms with Crippen LogP contribution in [0.2, 0.25) is 0 Å². The summed E-state index contributed by atoms with van der Waals surface area (Å²) in [4.78, 5) is 0.121. The SMILES string of the molecule is CCCCCCCCCCCCCCCCCCCCCC1(S(=O)(=O)[O-])Nc2ccccc2N1Cc1ccccc1.[Na+]. The Bertz CT molecular complexity index is 1080. The zero-order valence-corrected chi connectivity index (χ0v) is 29.4. The van der Waals surface area contributed by atoms with Gasteiger partial charge in [0.2, 0.25) is 4.99 Å². The molecule has 42 heavy (non-hydrogen) atoms. The molecule has 1 heterocycles. The molecule has 0 fully saturated rings. The summed E-state index contributed by atoms with van der Waals surface area (Å²) in [5.74, 6) is 0. The van der Waals surface area contributed by atoms with Crippen LogP contribution in [-0.4, -0.2) is 18.0 Å². The molecule has 3 rings (SSSR count). The summed E-state index contributed by atoms with van der Waals surface area (Å²) in [6.45, 7) is 2.64. The minimum atomic E-state index is -4.66. The number of nitrogens with zero attached hydrogens (tertiary/aromatic N) is 1. The van der Waals surface area contributed by atoms with Crippen molar-refractivity contribution in [2.45, 2.75) is 147 Å². The minimum Gasteiger partial charge on any atom is -0.745 e. The third-order valence-electron chi connectivity index (χ3n) is 8.68. The van der Waals surface area contributed by atoms with Gasteiger partial charge in [-0.2, -0.15) is 0 Å². The Balaban J connectivity index is 0.00000616. The molecule has 7 heteroatoms. The molecule has 1 unspecified atom stereocenters. The number of hydrogen-bond acceptors (Lipinski definition) is 5. The van der Waals surface area contributed by atoms with E-state index in [1.165, 1.54) is 103 Å². The van der Waals surface area contributed by atoms with Gasteiger partial charge in [0.1, 0.15) is 10.1 Å². The predicted octanol–water partition coefficient (Wildman–Crippen LogP) is 7.14. The molecule has 1 aliphatic rings. The third-order valence-corrected chi connectivity index (χ3v) is 10.0. The summed E-state index contributed by atoms with van der Waals surface area (Å²) in [6.07, 6.45) is 24.8. The molecule has 230 valence electrons. The van der Waals surface area contributed by atoms with E-state index in [4.69, 9.17) is 0 Å². The second kappa shape index (κ2) is 20.8. The van der Waals surface area contributed by atoms with E-state index in [-0.39, 0.29) is 36.0 Å². The third kappa shape index (κ3) is 12.1. The largest absolute Gasteiger partial charge is 1.00 e. The van der Waals surface area contributed by atoms with Gasteiger partial charge in [-0.1, -0.05) is 165 Å². The molecule has 2 aromatic rings. The summed E-state index contributed by atoms with van der Waals surface area (Å²) in [5.41, 5.74) is 2.46. The Labute approximate surface area is 279 Å². The molecule has 0 aliphatic carbocycles. The molecule has 0 saturated carbocycles. The van der Waals surface area contributed by atoms with Gasteiger partial charge in [0, 0.05) is 13.0 Å². The Morgan fingerprint density at radius 1 is 0.643 bits per heavy atom. The van der Waals surface area contributed by atoms with Crippen LogP contribution in [0.3, 0.4) is 0 Å². The van der Waals surface area contributed by atoms with Crippen LogP contribution < -0.4 is 39.8 Å². The maximum absolute atomic E-state index is 12.8. The number of unbranched alkanes of at least 4 members (excludes halogenated alkanes) is 18. The topological polar surface area (TPSA) is 72.5 Å². The molecule has 2 aromatic carbocycles. The van der Waals surface area contributed by atoms with E-state index in [0.717, 1.165) is 24.1 Å². The molecule has 0 bridgehead atoms. The van der Waals surface area contributed by atoms with Gasteiger partial charge in [0.15, 0.2) is 0 Å². The first-order valence-corrected chi connectivity index (χ1v) is 18.0. The van der Waals surface area contributed by atoms with Gasteiger partial charge in [0.25, 0.3) is 0 Å². The molecular weight excluding hydrogens is 551 g/mol. The van der Waals surface area contributed by atoms with Crippen molar-refractivity contribution in [3.8, 4) is 0 Å². The zero-order chi connectivity index (χ0) is 29.2. The van der Waals surface area contributed by atoms with Crippen LogP contribution in [0.1, 0.15) is 141 Å². The van der Waals surface area contributed by atoms with E-state index < -0.39 is 15.1 Å². The van der Waals surface area contributed by atoms with E-state index in [2.05, 4.69) is 12.2 Å². The second-order valence-corrected chi connectivity index (χ2v) is 13.6. The van der Waals surface area contributed by atoms with Gasteiger partial charge in [-0.25, -0.2) is 8.42 Å². The summed E-state index contributed by atoms with van der Waals surface area (Å²) < 4.78 is 38.4. The minimum absolute atomic E-state index is 0. The molecule has 1 atom stereocenters. The van der Waals surface area contributed by atoms with Crippen molar-refractivity contribution in [3.05, 3.63) is 60.2 Å². The number of benzene rings is 2. The first-order chi connectivity index (χ1) is 20.0. The number of anilines is 2. The Kier molecular flexibility index (Phi) is 18.4. The van der Waals surface area contributed by atoms with Crippen LogP contribution in [0.5, 0.6) is 0 Å². The fourth-order valence-electron chi connectivity index (χ4n) is 6.23. The molecule has 0 amide bonds. The molecule has 0 radical (unpaired) electrons. The quantitative estimate of drug-likeness (QED) is 0.0827. The molecule has 0 saturated heterocycles. The Morgan fingerprint density at radius 2 is 1.07 bits per heavy atom. The van der Waals surface area contributed by atoms with Crippen molar-refractivity contribution in [3.63, 3.8) is 0 Å². The van der Waals surface area contributed by atoms with Crippen molar-refractivity contribution < 1.29 is 42.5 Å². The van der Waals surface area contributed by atoms with Crippen LogP contribution in [0.4, 0.5) is 11.4 Å². The van der Waals surface area contributed by atoms with Gasteiger partial charge in [-0.05, 0) is 24.1 Å². The van der Waals surface area contributed by atoms with E-state index in [1.807, 2.05) is 54.6 Å². The summed E-state index contributed by atoms with van der Waals surface area (Å²) in [5, 5.41) is 3.14. The van der Waals surface area contributed by atoms with Gasteiger partial charge in [0.05, 0.1) is 11.4 Å². The number of fused-ring (bicyclic) bond motifs is 1. The maximum atomic E-state index is 12.8. The monoisotopic (exact) mass is 606 g/mol. The van der Waals surface area contributed by atoms with E-state index in [0.29, 0.717) is 18.7 Å². The predicted molar refractivity (Wildman–Crippen MR) is 173 cm³/mol. The standard InChI is InChI=1S/C35H56N2O3S.Na/c1-2-3-4-5-6-7-8-9-10-11-12-13-14-15-16-17-18-19-25-30-35(41(38,39)40)36-33-28-23-24-29-34(33)37(35)31-32-26-21-20-22-27-32;/h20-24,26-29,36H,2-19,25,30-31H2,1H3,(H,38,39,40);/q;+1/p-1. The van der Waals surface area contributed by atoms with Crippen molar-refractivity contribution in [2.75, 3.05) is 10.2 Å². The van der Waals surface area contributed by atoms with Gasteiger partial charge >= 0.3 is 29.6 Å². The fourth-order valence-corrected chi connectivity index (χ4v) is 7.29. The van der Waals surface area contributed by atoms with Gasteiger partial charge in [-0.15, -0.1) is 0 Å². The Morgan fingerprint density at radius 3 is 1.55 bits per heavy atom. The summed E-state index contributed by atoms with van der Waals surface area (Å²) >= 11 is 0. The van der Waals surface area contributed by atoms with E-state index in [9.17, 15) is 13.0 Å². The van der Waals surface area contributed by atoms with Crippen LogP contribution in [0, 0.1) is 0 Å². The van der Waals surface area contributed by atoms with Crippen LogP contribution >= 0.6 is 0 Å². The van der Waals surface area contributed by atoms with Crippen molar-refractivity contribution in [1.29, 1.82) is 0 Å². The molecule has 0 aromatic heterocycles. The zero-order valence-electron chi connectivity index (χ0n) is 26.6. The summed E-state index contributed by atoms with van der Waals surface area (Å²) in [6, 6.07) is 17.3. The molecule has 1 aliphatic heterocycles. The van der Waals surface area contributed by atoms with Crippen molar-refractivity contribution in [1.82, 2.24) is 0 Å². The number of hydrogen-bond donors (Lipinski definition) is 1. The van der Waals surface area contributed by atoms with Gasteiger partial charge in [-0.3, -0.25) is 0 Å². The van der Waals surface area contributed by atoms with E-state index in [1.54, 1.807) is 4.90 Å². The fraction of sp³-hybridized carbons (Fsp3) is 0.657. The molecule has 0 spiro atoms. The molecule has 1 N–H and O–H groups in total. The van der Waals surface area contributed by atoms with Crippen molar-refractivity contribution >= 4 is 21.5 Å². The number of rotatable bonds is 23. The number of nitrogens with one attached hydrogen (secondary N) is 1. The second-order valence-electron chi connectivity index (χ2n) is 12.1. The molecule has 5 nitrogen and oxygen atoms in total. The van der Waals surface area contributed by atoms with Gasteiger partial charge < -0.3 is 14.8 Å². The van der Waals surface area contributed by atoms with Crippen molar-refractivity contribution in [2.24, 2.45) is 0 Å². The van der Waals surface area contributed by atoms with E-state index >= 15 is 0 Å². The molecular formula is C35H55N2NaO3S. The average molecular weight is 607 g/mol. The average Bonchev–Trinajstić information content (AvgIpc) is 3.29. The number of para-hydroxylation sites is 2. The smallest absolute Gasteiger partial charge is 0.745 e. The van der Waals surface area contributed by atoms with Crippen LogP contribution in [0.15, 0.2) is 54.6 Å². The first kappa shape index (κ1) is 37.1. The maximum Gasteiger partial charge on any atom is 1.00 e. The normalized spacial score (nSPS) is 16.2. The first-order valence-electron chi connectivity index (χ1n) is 16.6. The Hall–Kier alpha value is -1.05.